The van der Waals surface area contributed by atoms with Crippen LogP contribution in [0.1, 0.15) is 5.56 Å². The lowest BCUT2D eigenvalue weighted by Crippen LogP contribution is -2.07. The average molecular weight is 814 g/mol. The van der Waals surface area contributed by atoms with Gasteiger partial charge in [0.1, 0.15) is 6.07 Å². The molecular formula is C61H39N3. The van der Waals surface area contributed by atoms with Gasteiger partial charge in [-0.05, 0) is 81.9 Å². The lowest BCUT2D eigenvalue weighted by Gasteiger charge is -2.27. The molecule has 2 heterocycles. The summed E-state index contributed by atoms with van der Waals surface area (Å²) in [4.78, 5) is 0. The van der Waals surface area contributed by atoms with Crippen molar-refractivity contribution >= 4 is 43.6 Å². The highest BCUT2D eigenvalue weighted by Crippen LogP contribution is 2.52. The number of para-hydroxylation sites is 3. The van der Waals surface area contributed by atoms with E-state index >= 15 is 0 Å². The maximum absolute atomic E-state index is 11.5. The smallest absolute Gasteiger partial charge is 0.100 e. The van der Waals surface area contributed by atoms with E-state index < -0.39 is 0 Å². The Kier molecular flexibility index (Phi) is 8.88. The summed E-state index contributed by atoms with van der Waals surface area (Å²) in [7, 11) is 0. The second kappa shape index (κ2) is 15.3. The fraction of sp³-hybridized carbons (Fsp3) is 0. The predicted octanol–water partition coefficient (Wildman–Crippen LogP) is 16.1. The molecule has 0 N–H and O–H groups in total. The molecule has 0 aliphatic carbocycles. The third kappa shape index (κ3) is 5.89. The van der Waals surface area contributed by atoms with Crippen LogP contribution in [-0.4, -0.2) is 9.13 Å². The first kappa shape index (κ1) is 37.1. The van der Waals surface area contributed by atoms with Crippen molar-refractivity contribution in [3.05, 3.63) is 242 Å². The molecule has 2 aromatic heterocycles. The van der Waals surface area contributed by atoms with Gasteiger partial charge in [-0.3, -0.25) is 0 Å². The molecule has 0 unspecified atom stereocenters. The Morgan fingerprint density at radius 2 is 0.625 bits per heavy atom. The van der Waals surface area contributed by atoms with E-state index in [-0.39, 0.29) is 0 Å². The number of nitrogens with zero attached hydrogens (tertiary/aromatic N) is 3. The first-order chi connectivity index (χ1) is 31.8. The highest BCUT2D eigenvalue weighted by atomic mass is 15.0. The molecule has 0 saturated heterocycles. The Morgan fingerprint density at radius 3 is 1.06 bits per heavy atom. The van der Waals surface area contributed by atoms with Gasteiger partial charge in [-0.15, -0.1) is 0 Å². The van der Waals surface area contributed by atoms with Gasteiger partial charge in [-0.25, -0.2) is 0 Å². The molecule has 3 nitrogen and oxygen atoms in total. The standard InChI is InChI=1S/C61H39N3/c62-40-52-57(41-20-6-1-7-21-41)59(43-24-10-3-11-25-43)61(60(44-26-12-4-13-27-44)58(52)42-22-8-2-9-23-42)64-54-33-19-17-31-49(54)51-39-46(35-37-56(51)64)45-34-36-55-50(38-45)48-30-16-18-32-53(48)63(55)47-28-14-5-15-29-47/h1-39H. The number of benzene rings is 10. The number of nitriles is 1. The van der Waals surface area contributed by atoms with E-state index in [0.29, 0.717) is 5.56 Å². The molecular weight excluding hydrogens is 775 g/mol. The highest BCUT2D eigenvalue weighted by molar-refractivity contribution is 6.15. The molecule has 0 aliphatic rings. The SMILES string of the molecule is N#Cc1c(-c2ccccc2)c(-c2ccccc2)c(-n2c3ccccc3c3cc(-c4ccc5c(c4)c4ccccc4n5-c4ccccc4)ccc32)c(-c2ccccc2)c1-c1ccccc1. The van der Waals surface area contributed by atoms with Crippen LogP contribution in [0.25, 0.3) is 111 Å². The zero-order chi connectivity index (χ0) is 42.6. The maximum Gasteiger partial charge on any atom is 0.100 e. The van der Waals surface area contributed by atoms with Gasteiger partial charge in [0, 0.05) is 49.5 Å². The Morgan fingerprint density at radius 1 is 0.281 bits per heavy atom. The lowest BCUT2D eigenvalue weighted by atomic mass is 9.79. The molecule has 0 fully saturated rings. The molecule has 298 valence electrons. The zero-order valence-electron chi connectivity index (χ0n) is 34.9. The van der Waals surface area contributed by atoms with Gasteiger partial charge in [0.15, 0.2) is 0 Å². The van der Waals surface area contributed by atoms with Crippen LogP contribution >= 0.6 is 0 Å². The summed E-state index contributed by atoms with van der Waals surface area (Å²) < 4.78 is 4.83. The van der Waals surface area contributed by atoms with E-state index in [2.05, 4.69) is 240 Å². The Hall–Kier alpha value is -8.71. The largest absolute Gasteiger partial charge is 0.309 e. The Labute approximate surface area is 371 Å². The predicted molar refractivity (Wildman–Crippen MR) is 267 cm³/mol. The van der Waals surface area contributed by atoms with Gasteiger partial charge < -0.3 is 9.13 Å². The first-order valence-corrected chi connectivity index (χ1v) is 21.7. The molecule has 0 amide bonds. The van der Waals surface area contributed by atoms with E-state index in [4.69, 9.17) is 0 Å². The minimum Gasteiger partial charge on any atom is -0.309 e. The summed E-state index contributed by atoms with van der Waals surface area (Å²) in [5, 5.41) is 16.3. The third-order valence-electron chi connectivity index (χ3n) is 12.8. The fourth-order valence-corrected chi connectivity index (χ4v) is 10.0. The summed E-state index contributed by atoms with van der Waals surface area (Å²) in [6.45, 7) is 0. The molecule has 3 heteroatoms. The van der Waals surface area contributed by atoms with Crippen molar-refractivity contribution in [2.75, 3.05) is 0 Å². The van der Waals surface area contributed by atoms with Gasteiger partial charge >= 0.3 is 0 Å². The summed E-state index contributed by atoms with van der Waals surface area (Å²) in [6, 6.07) is 86.8. The van der Waals surface area contributed by atoms with E-state index in [9.17, 15) is 5.26 Å². The van der Waals surface area contributed by atoms with Crippen LogP contribution in [0.4, 0.5) is 0 Å². The molecule has 12 rings (SSSR count). The van der Waals surface area contributed by atoms with Crippen molar-refractivity contribution in [3.8, 4) is 73.1 Å². The fourth-order valence-electron chi connectivity index (χ4n) is 10.0. The normalized spacial score (nSPS) is 11.4. The van der Waals surface area contributed by atoms with Gasteiger partial charge in [0.2, 0.25) is 0 Å². The van der Waals surface area contributed by atoms with Crippen LogP contribution in [0.15, 0.2) is 237 Å². The average Bonchev–Trinajstić information content (AvgIpc) is 3.89. The van der Waals surface area contributed by atoms with Gasteiger partial charge in [-0.1, -0.05) is 188 Å². The third-order valence-corrected chi connectivity index (χ3v) is 12.8. The van der Waals surface area contributed by atoms with E-state index in [1.165, 1.54) is 21.8 Å². The molecule has 0 atom stereocenters. The molecule has 0 aliphatic heterocycles. The summed E-state index contributed by atoms with van der Waals surface area (Å²) in [6.07, 6.45) is 0. The van der Waals surface area contributed by atoms with Crippen molar-refractivity contribution in [2.24, 2.45) is 0 Å². The molecule has 0 bridgehead atoms. The molecule has 10 aromatic carbocycles. The van der Waals surface area contributed by atoms with Crippen LogP contribution < -0.4 is 0 Å². The van der Waals surface area contributed by atoms with Crippen LogP contribution in [0.2, 0.25) is 0 Å². The van der Waals surface area contributed by atoms with Crippen molar-refractivity contribution < 1.29 is 0 Å². The molecule has 0 radical (unpaired) electrons. The van der Waals surface area contributed by atoms with Crippen molar-refractivity contribution in [3.63, 3.8) is 0 Å². The minimum absolute atomic E-state index is 0.644. The summed E-state index contributed by atoms with van der Waals surface area (Å²) in [5.74, 6) is 0. The summed E-state index contributed by atoms with van der Waals surface area (Å²) in [5.41, 5.74) is 17.6. The van der Waals surface area contributed by atoms with E-state index in [1.807, 2.05) is 12.1 Å². The number of hydrogen-bond donors (Lipinski definition) is 0. The topological polar surface area (TPSA) is 33.6 Å². The summed E-state index contributed by atoms with van der Waals surface area (Å²) >= 11 is 0. The number of rotatable bonds is 7. The Balaban J connectivity index is 1.20. The van der Waals surface area contributed by atoms with Crippen LogP contribution in [-0.2, 0) is 0 Å². The second-order valence-electron chi connectivity index (χ2n) is 16.3. The molecule has 12 aromatic rings. The van der Waals surface area contributed by atoms with Crippen LogP contribution in [0, 0.1) is 11.3 Å². The maximum atomic E-state index is 11.5. The monoisotopic (exact) mass is 813 g/mol. The number of fused-ring (bicyclic) bond motifs is 6. The lowest BCUT2D eigenvalue weighted by molar-refractivity contribution is 1.18. The van der Waals surface area contributed by atoms with Gasteiger partial charge in [0.25, 0.3) is 0 Å². The second-order valence-corrected chi connectivity index (χ2v) is 16.3. The molecule has 0 saturated carbocycles. The van der Waals surface area contributed by atoms with E-state index in [0.717, 1.165) is 88.8 Å². The molecule has 64 heavy (non-hydrogen) atoms. The van der Waals surface area contributed by atoms with Crippen molar-refractivity contribution in [2.45, 2.75) is 0 Å². The zero-order valence-corrected chi connectivity index (χ0v) is 34.9. The quantitative estimate of drug-likeness (QED) is 0.158. The highest BCUT2D eigenvalue weighted by Gasteiger charge is 2.30. The van der Waals surface area contributed by atoms with Crippen molar-refractivity contribution in [1.82, 2.24) is 9.13 Å². The minimum atomic E-state index is 0.644. The van der Waals surface area contributed by atoms with Crippen LogP contribution in [0.3, 0.4) is 0 Å². The molecule has 0 spiro atoms. The van der Waals surface area contributed by atoms with E-state index in [1.54, 1.807) is 0 Å². The van der Waals surface area contributed by atoms with Crippen LogP contribution in [0.5, 0.6) is 0 Å². The number of hydrogen-bond acceptors (Lipinski definition) is 1. The van der Waals surface area contributed by atoms with Gasteiger partial charge in [0.05, 0.1) is 33.3 Å². The first-order valence-electron chi connectivity index (χ1n) is 21.7. The number of aromatic nitrogens is 2. The van der Waals surface area contributed by atoms with Gasteiger partial charge in [-0.2, -0.15) is 5.26 Å². The van der Waals surface area contributed by atoms with Crippen molar-refractivity contribution in [1.29, 1.82) is 5.26 Å². The Bertz CT molecular complexity index is 3640.